The van der Waals surface area contributed by atoms with Gasteiger partial charge in [0.1, 0.15) is 0 Å². The summed E-state index contributed by atoms with van der Waals surface area (Å²) in [6.45, 7) is 0. The van der Waals surface area contributed by atoms with E-state index in [4.69, 9.17) is 10.0 Å². The first-order valence-corrected chi connectivity index (χ1v) is 6.28. The van der Waals surface area contributed by atoms with Crippen molar-refractivity contribution in [2.24, 2.45) is 0 Å². The number of benzene rings is 2. The van der Waals surface area contributed by atoms with Crippen LogP contribution in [0, 0.1) is 23.7 Å². The fraction of sp³-hybridized carbons (Fsp3) is 0. The molecule has 0 spiro atoms. The first kappa shape index (κ1) is 16.6. The Labute approximate surface area is 126 Å². The van der Waals surface area contributed by atoms with Gasteiger partial charge in [0.15, 0.2) is 0 Å². The van der Waals surface area contributed by atoms with Gasteiger partial charge in [-0.15, -0.1) is 0 Å². The Balaban J connectivity index is 0.000000383. The minimum atomic E-state index is -0.406. The van der Waals surface area contributed by atoms with E-state index in [-0.39, 0.29) is 0 Å². The molecule has 0 aliphatic rings. The van der Waals surface area contributed by atoms with Gasteiger partial charge in [0.05, 0.1) is 0 Å². The summed E-state index contributed by atoms with van der Waals surface area (Å²) in [4.78, 5) is 0. The molecular formula is C16H14B2O3. The highest BCUT2D eigenvalue weighted by atomic mass is 16.5. The smallest absolute Gasteiger partial charge is 0.421 e. The molecule has 0 aliphatic carbocycles. The van der Waals surface area contributed by atoms with Crippen LogP contribution in [0.4, 0.5) is 0 Å². The van der Waals surface area contributed by atoms with E-state index in [1.165, 1.54) is 0 Å². The molecule has 5 heteroatoms. The summed E-state index contributed by atoms with van der Waals surface area (Å²) in [5, 5.41) is 15.4. The van der Waals surface area contributed by atoms with Crippen LogP contribution in [0.1, 0.15) is 11.1 Å². The lowest BCUT2D eigenvalue weighted by Crippen LogP contribution is -2.00. The summed E-state index contributed by atoms with van der Waals surface area (Å²) in [6.07, 6.45) is 0. The molecule has 0 radical (unpaired) electrons. The summed E-state index contributed by atoms with van der Waals surface area (Å²) in [6, 6.07) is 19.7. The van der Waals surface area contributed by atoms with E-state index in [1.807, 2.05) is 60.7 Å². The second kappa shape index (κ2) is 11.4. The van der Waals surface area contributed by atoms with Gasteiger partial charge in [-0.3, -0.25) is 0 Å². The molecule has 0 unspecified atom stereocenters. The quantitative estimate of drug-likeness (QED) is 0.624. The SMILES string of the molecule is C(C#Cc1ccccc1)#Cc1ccccc1.OBOBO. The van der Waals surface area contributed by atoms with Gasteiger partial charge in [-0.05, 0) is 36.1 Å². The van der Waals surface area contributed by atoms with Gasteiger partial charge >= 0.3 is 15.4 Å². The van der Waals surface area contributed by atoms with Crippen molar-refractivity contribution in [2.75, 3.05) is 0 Å². The minimum absolute atomic E-state index is 0.406. The van der Waals surface area contributed by atoms with Crippen LogP contribution in [-0.4, -0.2) is 25.4 Å². The maximum Gasteiger partial charge on any atom is 0.421 e. The molecule has 0 saturated heterocycles. The molecule has 0 heterocycles. The first-order valence-electron chi connectivity index (χ1n) is 6.28. The third kappa shape index (κ3) is 8.36. The zero-order valence-corrected chi connectivity index (χ0v) is 11.5. The van der Waals surface area contributed by atoms with E-state index in [1.54, 1.807) is 0 Å². The number of rotatable bonds is 2. The van der Waals surface area contributed by atoms with Gasteiger partial charge in [-0.2, -0.15) is 0 Å². The molecule has 0 amide bonds. The molecule has 0 atom stereocenters. The Morgan fingerprint density at radius 3 is 1.33 bits per heavy atom. The number of hydrogen-bond donors (Lipinski definition) is 2. The monoisotopic (exact) mass is 276 g/mol. The van der Waals surface area contributed by atoms with Crippen LogP contribution < -0.4 is 0 Å². The second-order valence-corrected chi connectivity index (χ2v) is 3.69. The molecule has 2 N–H and O–H groups in total. The molecule has 2 aromatic rings. The van der Waals surface area contributed by atoms with Crippen molar-refractivity contribution in [1.82, 2.24) is 0 Å². The Kier molecular flexibility index (Phi) is 9.03. The molecule has 2 aromatic carbocycles. The van der Waals surface area contributed by atoms with Crippen LogP contribution in [0.2, 0.25) is 0 Å². The molecule has 0 bridgehead atoms. The Bertz CT molecular complexity index is 565. The predicted molar refractivity (Wildman–Crippen MR) is 86.5 cm³/mol. The average Bonchev–Trinajstić information content (AvgIpc) is 2.55. The summed E-state index contributed by atoms with van der Waals surface area (Å²) in [5.41, 5.74) is 1.98. The zero-order valence-electron chi connectivity index (χ0n) is 11.5. The summed E-state index contributed by atoms with van der Waals surface area (Å²) >= 11 is 0. The van der Waals surface area contributed by atoms with Crippen molar-refractivity contribution in [3.63, 3.8) is 0 Å². The highest BCUT2D eigenvalue weighted by molar-refractivity contribution is 6.32. The van der Waals surface area contributed by atoms with Crippen molar-refractivity contribution in [3.8, 4) is 23.7 Å². The standard InChI is InChI=1S/C16H10.B2H4O3/c1-3-9-15(10-4-1)13-7-8-14-16-11-5-2-6-12-16;3-1-5-2-4/h1-6,9-12H;1-4H. The molecule has 0 fully saturated rings. The Morgan fingerprint density at radius 2 is 1.05 bits per heavy atom. The van der Waals surface area contributed by atoms with Crippen molar-refractivity contribution in [3.05, 3.63) is 71.8 Å². The molecule has 0 aromatic heterocycles. The first-order chi connectivity index (χ1) is 10.4. The molecule has 102 valence electrons. The Hall–Kier alpha value is -2.43. The minimum Gasteiger partial charge on any atom is -0.457 e. The van der Waals surface area contributed by atoms with Crippen molar-refractivity contribution >= 4 is 15.4 Å². The highest BCUT2D eigenvalue weighted by Crippen LogP contribution is 1.95. The fourth-order valence-corrected chi connectivity index (χ4v) is 1.29. The van der Waals surface area contributed by atoms with Gasteiger partial charge in [0.2, 0.25) is 0 Å². The summed E-state index contributed by atoms with van der Waals surface area (Å²) < 4.78 is 3.94. The van der Waals surface area contributed by atoms with Gasteiger partial charge in [0, 0.05) is 11.1 Å². The van der Waals surface area contributed by atoms with E-state index in [0.29, 0.717) is 0 Å². The Morgan fingerprint density at radius 1 is 0.667 bits per heavy atom. The average molecular weight is 276 g/mol. The van der Waals surface area contributed by atoms with E-state index >= 15 is 0 Å². The van der Waals surface area contributed by atoms with Crippen molar-refractivity contribution in [2.45, 2.75) is 0 Å². The number of hydrogen-bond acceptors (Lipinski definition) is 3. The maximum absolute atomic E-state index is 7.68. The zero-order chi connectivity index (χ0) is 15.2. The van der Waals surface area contributed by atoms with Crippen molar-refractivity contribution < 1.29 is 14.6 Å². The normalized spacial score (nSPS) is 7.90. The van der Waals surface area contributed by atoms with Gasteiger partial charge in [-0.25, -0.2) is 0 Å². The van der Waals surface area contributed by atoms with Crippen LogP contribution in [0.3, 0.4) is 0 Å². The third-order valence-electron chi connectivity index (χ3n) is 2.21. The van der Waals surface area contributed by atoms with Crippen molar-refractivity contribution in [1.29, 1.82) is 0 Å². The molecule has 21 heavy (non-hydrogen) atoms. The molecular weight excluding hydrogens is 262 g/mol. The van der Waals surface area contributed by atoms with Crippen LogP contribution in [-0.2, 0) is 4.57 Å². The topological polar surface area (TPSA) is 49.7 Å². The molecule has 2 rings (SSSR count). The van der Waals surface area contributed by atoms with Crippen LogP contribution >= 0.6 is 0 Å². The van der Waals surface area contributed by atoms with Gasteiger partial charge < -0.3 is 14.6 Å². The van der Waals surface area contributed by atoms with Gasteiger partial charge in [0.25, 0.3) is 0 Å². The maximum atomic E-state index is 7.68. The summed E-state index contributed by atoms with van der Waals surface area (Å²) in [7, 11) is -0.812. The van der Waals surface area contributed by atoms with Gasteiger partial charge in [-0.1, -0.05) is 48.2 Å². The predicted octanol–water partition coefficient (Wildman–Crippen LogP) is 0.610. The summed E-state index contributed by atoms with van der Waals surface area (Å²) in [5.74, 6) is 11.7. The van der Waals surface area contributed by atoms with Crippen LogP contribution in [0.15, 0.2) is 60.7 Å². The lowest BCUT2D eigenvalue weighted by atomic mass is 10.2. The highest BCUT2D eigenvalue weighted by Gasteiger charge is 1.81. The van der Waals surface area contributed by atoms with E-state index in [2.05, 4.69) is 28.3 Å². The lowest BCUT2D eigenvalue weighted by molar-refractivity contribution is 0.408. The van der Waals surface area contributed by atoms with Crippen LogP contribution in [0.5, 0.6) is 0 Å². The fourth-order valence-electron chi connectivity index (χ4n) is 1.29. The second-order valence-electron chi connectivity index (χ2n) is 3.69. The largest absolute Gasteiger partial charge is 0.457 e. The molecule has 0 aliphatic heterocycles. The van der Waals surface area contributed by atoms with E-state index < -0.39 is 15.4 Å². The van der Waals surface area contributed by atoms with E-state index in [9.17, 15) is 0 Å². The molecule has 0 saturated carbocycles. The van der Waals surface area contributed by atoms with Crippen LogP contribution in [0.25, 0.3) is 0 Å². The van der Waals surface area contributed by atoms with E-state index in [0.717, 1.165) is 11.1 Å². The lowest BCUT2D eigenvalue weighted by Gasteiger charge is -1.84. The molecule has 3 nitrogen and oxygen atoms in total. The third-order valence-corrected chi connectivity index (χ3v) is 2.21.